The second kappa shape index (κ2) is 6.35. The molecule has 0 unspecified atom stereocenters. The minimum atomic E-state index is 0.0348. The third kappa shape index (κ3) is 3.13. The summed E-state index contributed by atoms with van der Waals surface area (Å²) in [6.45, 7) is 3.70. The molecule has 2 aromatic rings. The first-order chi connectivity index (χ1) is 10.3. The third-order valence-electron chi connectivity index (χ3n) is 3.87. The van der Waals surface area contributed by atoms with Crippen molar-refractivity contribution >= 4 is 17.2 Å². The van der Waals surface area contributed by atoms with Crippen LogP contribution in [-0.2, 0) is 6.42 Å². The molecule has 0 bridgehead atoms. The molecule has 0 saturated carbocycles. The van der Waals surface area contributed by atoms with Crippen LogP contribution in [0.1, 0.15) is 46.9 Å². The summed E-state index contributed by atoms with van der Waals surface area (Å²) in [5, 5.41) is 3.31. The van der Waals surface area contributed by atoms with Gasteiger partial charge in [0.05, 0.1) is 10.7 Å². The average Bonchev–Trinajstić information content (AvgIpc) is 3.04. The molecule has 0 aromatic carbocycles. The maximum absolute atomic E-state index is 12.5. The van der Waals surface area contributed by atoms with Gasteiger partial charge >= 0.3 is 0 Å². The zero-order valence-electron chi connectivity index (χ0n) is 12.2. The zero-order chi connectivity index (χ0) is 14.7. The maximum atomic E-state index is 12.5. The van der Waals surface area contributed by atoms with Crippen molar-refractivity contribution in [2.45, 2.75) is 32.1 Å². The van der Waals surface area contributed by atoms with Crippen molar-refractivity contribution in [3.8, 4) is 0 Å². The molecule has 1 aliphatic heterocycles. The molecule has 5 heteroatoms. The van der Waals surface area contributed by atoms with Crippen molar-refractivity contribution < 1.29 is 4.79 Å². The first kappa shape index (κ1) is 14.2. The van der Waals surface area contributed by atoms with Crippen LogP contribution in [0, 0.1) is 0 Å². The van der Waals surface area contributed by atoms with Crippen LogP contribution in [0.5, 0.6) is 0 Å². The molecule has 1 aliphatic rings. The van der Waals surface area contributed by atoms with Crippen LogP contribution >= 0.6 is 11.3 Å². The van der Waals surface area contributed by atoms with Gasteiger partial charge in [-0.15, -0.1) is 11.3 Å². The molecule has 0 spiro atoms. The largest absolute Gasteiger partial charge is 0.337 e. The highest BCUT2D eigenvalue weighted by Gasteiger charge is 2.27. The lowest BCUT2D eigenvalue weighted by Gasteiger charge is -2.31. The summed E-state index contributed by atoms with van der Waals surface area (Å²) in [5.74, 6) is 0.407. The van der Waals surface area contributed by atoms with Gasteiger partial charge in [-0.1, -0.05) is 13.0 Å². The standard InChI is InChI=1S/C16H19N3OS/c1-2-13-11-21-15(18-13)12-6-5-9-19(10-12)16(20)14-7-3-4-8-17-14/h3-4,7-8,11-12H,2,5-6,9-10H2,1H3/t12-/m1/s1. The predicted molar refractivity (Wildman–Crippen MR) is 83.6 cm³/mol. The smallest absolute Gasteiger partial charge is 0.272 e. The first-order valence-electron chi connectivity index (χ1n) is 7.42. The SMILES string of the molecule is CCc1csc([C@@H]2CCCN(C(=O)c3ccccn3)C2)n1. The quantitative estimate of drug-likeness (QED) is 0.875. The van der Waals surface area contributed by atoms with Gasteiger partial charge in [0.2, 0.25) is 0 Å². The second-order valence-electron chi connectivity index (χ2n) is 5.34. The number of carbonyl (C=O) groups is 1. The van der Waals surface area contributed by atoms with E-state index in [2.05, 4.69) is 22.3 Å². The number of nitrogens with zero attached hydrogens (tertiary/aromatic N) is 3. The summed E-state index contributed by atoms with van der Waals surface area (Å²) in [6.07, 6.45) is 4.79. The van der Waals surface area contributed by atoms with Gasteiger partial charge in [0.25, 0.3) is 5.91 Å². The van der Waals surface area contributed by atoms with E-state index in [0.29, 0.717) is 11.6 Å². The number of hydrogen-bond acceptors (Lipinski definition) is 4. The van der Waals surface area contributed by atoms with E-state index in [0.717, 1.165) is 38.0 Å². The summed E-state index contributed by atoms with van der Waals surface area (Å²) in [6, 6.07) is 5.47. The Balaban J connectivity index is 1.72. The molecular weight excluding hydrogens is 282 g/mol. The lowest BCUT2D eigenvalue weighted by atomic mass is 9.98. The predicted octanol–water partition coefficient (Wildman–Crippen LogP) is 3.12. The lowest BCUT2D eigenvalue weighted by molar-refractivity contribution is 0.0701. The highest BCUT2D eigenvalue weighted by Crippen LogP contribution is 2.29. The second-order valence-corrected chi connectivity index (χ2v) is 6.23. The van der Waals surface area contributed by atoms with Gasteiger partial charge in [-0.05, 0) is 31.4 Å². The van der Waals surface area contributed by atoms with Crippen LogP contribution in [0.4, 0.5) is 0 Å². The van der Waals surface area contributed by atoms with E-state index in [-0.39, 0.29) is 5.91 Å². The Morgan fingerprint density at radius 2 is 2.38 bits per heavy atom. The molecule has 3 heterocycles. The van der Waals surface area contributed by atoms with Gasteiger partial charge in [-0.3, -0.25) is 9.78 Å². The zero-order valence-corrected chi connectivity index (χ0v) is 13.0. The topological polar surface area (TPSA) is 46.1 Å². The van der Waals surface area contributed by atoms with Gasteiger partial charge in [0, 0.05) is 30.6 Å². The van der Waals surface area contributed by atoms with Crippen molar-refractivity contribution in [1.82, 2.24) is 14.9 Å². The van der Waals surface area contributed by atoms with E-state index in [4.69, 9.17) is 0 Å². The molecule has 1 atom stereocenters. The number of carbonyl (C=O) groups excluding carboxylic acids is 1. The van der Waals surface area contributed by atoms with Crippen LogP contribution < -0.4 is 0 Å². The van der Waals surface area contributed by atoms with E-state index < -0.39 is 0 Å². The van der Waals surface area contributed by atoms with E-state index in [1.54, 1.807) is 23.6 Å². The van der Waals surface area contributed by atoms with E-state index in [1.807, 2.05) is 17.0 Å². The van der Waals surface area contributed by atoms with Crippen LogP contribution in [0.2, 0.25) is 0 Å². The van der Waals surface area contributed by atoms with Gasteiger partial charge in [0.15, 0.2) is 0 Å². The molecular formula is C16H19N3OS. The average molecular weight is 301 g/mol. The molecule has 1 amide bonds. The van der Waals surface area contributed by atoms with Crippen LogP contribution in [0.3, 0.4) is 0 Å². The number of piperidine rings is 1. The minimum absolute atomic E-state index is 0.0348. The number of hydrogen-bond donors (Lipinski definition) is 0. The molecule has 0 radical (unpaired) electrons. The molecule has 0 aliphatic carbocycles. The number of pyridine rings is 1. The fourth-order valence-corrected chi connectivity index (χ4v) is 3.72. The maximum Gasteiger partial charge on any atom is 0.272 e. The van der Waals surface area contributed by atoms with E-state index in [1.165, 1.54) is 5.01 Å². The Kier molecular flexibility index (Phi) is 4.29. The van der Waals surface area contributed by atoms with Crippen molar-refractivity contribution in [1.29, 1.82) is 0 Å². The number of likely N-dealkylation sites (tertiary alicyclic amines) is 1. The van der Waals surface area contributed by atoms with Crippen molar-refractivity contribution in [3.63, 3.8) is 0 Å². The minimum Gasteiger partial charge on any atom is -0.337 e. The Morgan fingerprint density at radius 1 is 1.48 bits per heavy atom. The molecule has 4 nitrogen and oxygen atoms in total. The molecule has 0 N–H and O–H groups in total. The van der Waals surface area contributed by atoms with Crippen molar-refractivity contribution in [3.05, 3.63) is 46.2 Å². The van der Waals surface area contributed by atoms with Crippen molar-refractivity contribution in [2.24, 2.45) is 0 Å². The fraction of sp³-hybridized carbons (Fsp3) is 0.438. The third-order valence-corrected chi connectivity index (χ3v) is 4.93. The van der Waals surface area contributed by atoms with E-state index in [9.17, 15) is 4.79 Å². The number of amides is 1. The van der Waals surface area contributed by atoms with Crippen molar-refractivity contribution in [2.75, 3.05) is 13.1 Å². The summed E-state index contributed by atoms with van der Waals surface area (Å²) in [5.41, 5.74) is 1.69. The van der Waals surface area contributed by atoms with E-state index >= 15 is 0 Å². The summed E-state index contributed by atoms with van der Waals surface area (Å²) < 4.78 is 0. The molecule has 21 heavy (non-hydrogen) atoms. The number of rotatable bonds is 3. The summed E-state index contributed by atoms with van der Waals surface area (Å²) in [7, 11) is 0. The number of aromatic nitrogens is 2. The molecule has 1 saturated heterocycles. The molecule has 2 aromatic heterocycles. The number of thiazole rings is 1. The Morgan fingerprint density at radius 3 is 3.10 bits per heavy atom. The Bertz CT molecular complexity index is 611. The number of aryl methyl sites for hydroxylation is 1. The van der Waals surface area contributed by atoms with Crippen LogP contribution in [0.15, 0.2) is 29.8 Å². The van der Waals surface area contributed by atoms with Gasteiger partial charge < -0.3 is 4.90 Å². The fourth-order valence-electron chi connectivity index (χ4n) is 2.69. The lowest BCUT2D eigenvalue weighted by Crippen LogP contribution is -2.39. The highest BCUT2D eigenvalue weighted by atomic mass is 32.1. The van der Waals surface area contributed by atoms with Gasteiger partial charge in [0.1, 0.15) is 5.69 Å². The van der Waals surface area contributed by atoms with Crippen LogP contribution in [0.25, 0.3) is 0 Å². The van der Waals surface area contributed by atoms with Gasteiger partial charge in [-0.25, -0.2) is 4.98 Å². The summed E-state index contributed by atoms with van der Waals surface area (Å²) in [4.78, 5) is 23.3. The highest BCUT2D eigenvalue weighted by molar-refractivity contribution is 7.09. The molecule has 110 valence electrons. The van der Waals surface area contributed by atoms with Crippen LogP contribution in [-0.4, -0.2) is 33.9 Å². The Hall–Kier alpha value is -1.75. The summed E-state index contributed by atoms with van der Waals surface area (Å²) >= 11 is 1.73. The molecule has 1 fully saturated rings. The monoisotopic (exact) mass is 301 g/mol. The molecule has 3 rings (SSSR count). The normalized spacial score (nSPS) is 18.7. The van der Waals surface area contributed by atoms with Gasteiger partial charge in [-0.2, -0.15) is 0 Å². The Labute approximate surface area is 128 Å². The first-order valence-corrected chi connectivity index (χ1v) is 8.30.